The normalized spacial score (nSPS) is 14.1. The summed E-state index contributed by atoms with van der Waals surface area (Å²) in [5.41, 5.74) is 1.92. The minimum atomic E-state index is -0.676. The number of hydrogen-bond acceptors (Lipinski definition) is 10. The molecule has 0 aliphatic carbocycles. The zero-order chi connectivity index (χ0) is 23.1. The standard InChI is InChI=1S/C20H16N8O5/c1-32-13-8-5-11(9-14(13)33-2)16-15-17(19(29)23-22-16)21-20-24-25-26-27(20)18(15)10-3-6-12(7-4-10)28(30)31/h3-9,18H,1-2H3,(H,23,29)(H,21,24,26)/t18-/m0/s1. The van der Waals surface area contributed by atoms with E-state index < -0.39 is 16.5 Å². The van der Waals surface area contributed by atoms with Gasteiger partial charge in [-0.25, -0.2) is 5.10 Å². The molecule has 0 spiro atoms. The molecule has 13 nitrogen and oxygen atoms in total. The fourth-order valence-corrected chi connectivity index (χ4v) is 3.83. The molecule has 1 aliphatic heterocycles. The Balaban J connectivity index is 1.76. The Labute approximate surface area is 185 Å². The van der Waals surface area contributed by atoms with Crippen molar-refractivity contribution in [1.29, 1.82) is 0 Å². The second-order valence-electron chi connectivity index (χ2n) is 7.08. The first-order valence-corrected chi connectivity index (χ1v) is 9.66. The molecule has 4 aromatic rings. The SMILES string of the molecule is COc1ccc(-c2n[nH]c(=O)c3c2[C@H](c2ccc([N+](=O)[O-])cc2)n2nnnc2N3)cc1OC. The third kappa shape index (κ3) is 3.22. The average molecular weight is 448 g/mol. The topological polar surface area (TPSA) is 163 Å². The predicted molar refractivity (Wildman–Crippen MR) is 115 cm³/mol. The Morgan fingerprint density at radius 2 is 1.85 bits per heavy atom. The largest absolute Gasteiger partial charge is 0.493 e. The molecule has 5 rings (SSSR count). The first kappa shape index (κ1) is 20.1. The van der Waals surface area contributed by atoms with Crippen LogP contribution in [0.15, 0.2) is 47.3 Å². The van der Waals surface area contributed by atoms with Gasteiger partial charge in [-0.3, -0.25) is 14.9 Å². The molecule has 1 aliphatic rings. The summed E-state index contributed by atoms with van der Waals surface area (Å²) >= 11 is 0. The maximum atomic E-state index is 12.7. The van der Waals surface area contributed by atoms with Gasteiger partial charge in [0.2, 0.25) is 5.95 Å². The lowest BCUT2D eigenvalue weighted by atomic mass is 9.92. The number of aromatic nitrogens is 6. The molecule has 166 valence electrons. The summed E-state index contributed by atoms with van der Waals surface area (Å²) in [4.78, 5) is 23.4. The predicted octanol–water partition coefficient (Wildman–Crippen LogP) is 2.04. The summed E-state index contributed by atoms with van der Waals surface area (Å²) in [5, 5.41) is 32.6. The van der Waals surface area contributed by atoms with Crippen LogP contribution in [0.5, 0.6) is 11.5 Å². The molecule has 0 unspecified atom stereocenters. The van der Waals surface area contributed by atoms with Crippen molar-refractivity contribution in [3.8, 4) is 22.8 Å². The van der Waals surface area contributed by atoms with Crippen LogP contribution in [0, 0.1) is 10.1 Å². The summed E-state index contributed by atoms with van der Waals surface area (Å²) < 4.78 is 12.2. The van der Waals surface area contributed by atoms with Crippen molar-refractivity contribution in [2.45, 2.75) is 6.04 Å². The number of non-ortho nitro benzene ring substituents is 1. The Morgan fingerprint density at radius 3 is 2.55 bits per heavy atom. The van der Waals surface area contributed by atoms with E-state index in [-0.39, 0.29) is 17.3 Å². The Hall–Kier alpha value is -4.81. The molecule has 0 bridgehead atoms. The van der Waals surface area contributed by atoms with Crippen LogP contribution in [0.4, 0.5) is 17.3 Å². The van der Waals surface area contributed by atoms with Crippen LogP contribution >= 0.6 is 0 Å². The van der Waals surface area contributed by atoms with Gasteiger partial charge in [-0.15, -0.1) is 0 Å². The first-order chi connectivity index (χ1) is 16.0. The fourth-order valence-electron chi connectivity index (χ4n) is 3.83. The van der Waals surface area contributed by atoms with E-state index in [0.29, 0.717) is 33.9 Å². The van der Waals surface area contributed by atoms with Gasteiger partial charge in [0.25, 0.3) is 11.2 Å². The monoisotopic (exact) mass is 448 g/mol. The molecule has 0 amide bonds. The number of rotatable bonds is 5. The van der Waals surface area contributed by atoms with Gasteiger partial charge in [-0.1, -0.05) is 5.10 Å². The van der Waals surface area contributed by atoms with Crippen molar-refractivity contribution in [3.05, 3.63) is 74.1 Å². The number of fused-ring (bicyclic) bond motifs is 2. The highest BCUT2D eigenvalue weighted by Gasteiger charge is 2.34. The Bertz CT molecular complexity index is 1430. The number of benzene rings is 2. The van der Waals surface area contributed by atoms with E-state index in [9.17, 15) is 14.9 Å². The van der Waals surface area contributed by atoms with Crippen molar-refractivity contribution in [1.82, 2.24) is 30.4 Å². The average Bonchev–Trinajstić information content (AvgIpc) is 3.31. The van der Waals surface area contributed by atoms with Gasteiger partial charge in [0.05, 0.1) is 24.8 Å². The highest BCUT2D eigenvalue weighted by Crippen LogP contribution is 2.42. The van der Waals surface area contributed by atoms with Crippen LogP contribution in [0.2, 0.25) is 0 Å². The van der Waals surface area contributed by atoms with Crippen LogP contribution in [0.3, 0.4) is 0 Å². The summed E-state index contributed by atoms with van der Waals surface area (Å²) in [7, 11) is 3.05. The second kappa shape index (κ2) is 7.71. The molecule has 3 heterocycles. The number of H-pyrrole nitrogens is 1. The highest BCUT2D eigenvalue weighted by molar-refractivity contribution is 5.76. The molecule has 1 atom stereocenters. The maximum Gasteiger partial charge on any atom is 0.288 e. The van der Waals surface area contributed by atoms with E-state index in [1.165, 1.54) is 31.0 Å². The number of nitro groups is 1. The van der Waals surface area contributed by atoms with Crippen molar-refractivity contribution < 1.29 is 14.4 Å². The zero-order valence-electron chi connectivity index (χ0n) is 17.3. The van der Waals surface area contributed by atoms with Crippen molar-refractivity contribution >= 4 is 17.3 Å². The number of nitrogens with one attached hydrogen (secondary N) is 2. The third-order valence-electron chi connectivity index (χ3n) is 5.35. The maximum absolute atomic E-state index is 12.7. The Kier molecular flexibility index (Phi) is 4.70. The van der Waals surface area contributed by atoms with Crippen molar-refractivity contribution in [2.24, 2.45) is 0 Å². The second-order valence-corrected chi connectivity index (χ2v) is 7.08. The van der Waals surface area contributed by atoms with Crippen LogP contribution in [0.25, 0.3) is 11.3 Å². The minimum absolute atomic E-state index is 0.0611. The van der Waals surface area contributed by atoms with Gasteiger partial charge >= 0.3 is 0 Å². The molecule has 0 fully saturated rings. The molecule has 0 radical (unpaired) electrons. The van der Waals surface area contributed by atoms with E-state index in [2.05, 4.69) is 31.0 Å². The molecular weight excluding hydrogens is 432 g/mol. The number of tetrazole rings is 1. The van der Waals surface area contributed by atoms with E-state index in [4.69, 9.17) is 9.47 Å². The Morgan fingerprint density at radius 1 is 1.09 bits per heavy atom. The molecule has 13 heteroatoms. The summed E-state index contributed by atoms with van der Waals surface area (Å²) in [6, 6.07) is 10.5. The van der Waals surface area contributed by atoms with Crippen molar-refractivity contribution in [2.75, 3.05) is 19.5 Å². The van der Waals surface area contributed by atoms with Gasteiger partial charge in [0, 0.05) is 23.3 Å². The molecule has 0 saturated heterocycles. The number of nitrogens with zero attached hydrogens (tertiary/aromatic N) is 6. The number of anilines is 2. The summed E-state index contributed by atoms with van der Waals surface area (Å²) in [6.45, 7) is 0. The van der Waals surface area contributed by atoms with Gasteiger partial charge in [0.15, 0.2) is 11.5 Å². The van der Waals surface area contributed by atoms with Gasteiger partial charge in [-0.2, -0.15) is 9.78 Å². The van der Waals surface area contributed by atoms with Gasteiger partial charge in [-0.05, 0) is 46.3 Å². The third-order valence-corrected chi connectivity index (χ3v) is 5.35. The van der Waals surface area contributed by atoms with Crippen LogP contribution < -0.4 is 20.3 Å². The zero-order valence-corrected chi connectivity index (χ0v) is 17.3. The lowest BCUT2D eigenvalue weighted by molar-refractivity contribution is -0.384. The molecular formula is C20H16N8O5. The fraction of sp³-hybridized carbons (Fsp3) is 0.150. The number of methoxy groups -OCH3 is 2. The molecule has 2 aromatic carbocycles. The number of hydrogen-bond donors (Lipinski definition) is 2. The highest BCUT2D eigenvalue weighted by atomic mass is 16.6. The minimum Gasteiger partial charge on any atom is -0.493 e. The smallest absolute Gasteiger partial charge is 0.288 e. The number of ether oxygens (including phenoxy) is 2. The summed E-state index contributed by atoms with van der Waals surface area (Å²) in [6.07, 6.45) is 0. The van der Waals surface area contributed by atoms with Gasteiger partial charge < -0.3 is 14.8 Å². The molecule has 33 heavy (non-hydrogen) atoms. The summed E-state index contributed by atoms with van der Waals surface area (Å²) in [5.74, 6) is 1.27. The lowest BCUT2D eigenvalue weighted by Gasteiger charge is -2.27. The van der Waals surface area contributed by atoms with E-state index in [0.717, 1.165) is 0 Å². The lowest BCUT2D eigenvalue weighted by Crippen LogP contribution is -2.29. The molecule has 2 aromatic heterocycles. The quantitative estimate of drug-likeness (QED) is 0.300. The molecule has 0 saturated carbocycles. The number of aromatic amines is 1. The van der Waals surface area contributed by atoms with Crippen LogP contribution in [-0.4, -0.2) is 49.5 Å². The van der Waals surface area contributed by atoms with Crippen LogP contribution in [0.1, 0.15) is 17.2 Å². The van der Waals surface area contributed by atoms with Gasteiger partial charge in [0.1, 0.15) is 11.7 Å². The first-order valence-electron chi connectivity index (χ1n) is 9.66. The van der Waals surface area contributed by atoms with E-state index in [1.807, 2.05) is 0 Å². The van der Waals surface area contributed by atoms with Crippen molar-refractivity contribution in [3.63, 3.8) is 0 Å². The molecule has 2 N–H and O–H groups in total. The van der Waals surface area contributed by atoms with E-state index >= 15 is 0 Å². The van der Waals surface area contributed by atoms with Crippen LogP contribution in [-0.2, 0) is 0 Å². The van der Waals surface area contributed by atoms with E-state index in [1.54, 1.807) is 30.3 Å². The number of nitro benzene ring substituents is 1.